The van der Waals surface area contributed by atoms with E-state index in [4.69, 9.17) is 9.47 Å². The van der Waals surface area contributed by atoms with Gasteiger partial charge in [-0.2, -0.15) is 5.10 Å². The molecule has 6 nitrogen and oxygen atoms in total. The highest BCUT2D eigenvalue weighted by atomic mass is 16.5. The van der Waals surface area contributed by atoms with Crippen LogP contribution in [0.15, 0.2) is 18.2 Å². The number of nitrogens with one attached hydrogen (secondary N) is 1. The lowest BCUT2D eigenvalue weighted by Crippen LogP contribution is -2.37. The Kier molecular flexibility index (Phi) is 6.04. The van der Waals surface area contributed by atoms with E-state index < -0.39 is 0 Å². The summed E-state index contributed by atoms with van der Waals surface area (Å²) in [6, 6.07) is 6.73. The predicted octanol–water partition coefficient (Wildman–Crippen LogP) is 2.49. The minimum absolute atomic E-state index is 0.427. The maximum Gasteiger partial charge on any atom is 0.150 e. The molecule has 0 unspecified atom stereocenters. The maximum absolute atomic E-state index is 5.54. The number of methoxy groups -OCH3 is 1. The number of aromatic nitrogens is 3. The molecule has 25 heavy (non-hydrogen) atoms. The molecule has 0 amide bonds. The molecule has 1 aromatic carbocycles. The second kappa shape index (κ2) is 8.45. The van der Waals surface area contributed by atoms with Gasteiger partial charge in [0.2, 0.25) is 0 Å². The zero-order valence-electron chi connectivity index (χ0n) is 15.4. The van der Waals surface area contributed by atoms with Crippen LogP contribution in [0.3, 0.4) is 0 Å². The number of aryl methyl sites for hydroxylation is 2. The van der Waals surface area contributed by atoms with E-state index in [0.29, 0.717) is 19.3 Å². The van der Waals surface area contributed by atoms with Crippen LogP contribution in [0, 0.1) is 0 Å². The molecule has 2 aromatic rings. The lowest BCUT2D eigenvalue weighted by Gasteiger charge is -2.24. The number of rotatable bonds is 8. The zero-order chi connectivity index (χ0) is 17.6. The van der Waals surface area contributed by atoms with Crippen LogP contribution in [0.2, 0.25) is 0 Å². The van der Waals surface area contributed by atoms with Gasteiger partial charge in [0, 0.05) is 37.6 Å². The van der Waals surface area contributed by atoms with Crippen molar-refractivity contribution >= 4 is 0 Å². The average Bonchev–Trinajstić information content (AvgIpc) is 3.07. The van der Waals surface area contributed by atoms with E-state index in [0.717, 1.165) is 55.3 Å². The fourth-order valence-corrected chi connectivity index (χ4v) is 3.21. The Labute approximate surface area is 149 Å². The van der Waals surface area contributed by atoms with E-state index in [-0.39, 0.29) is 0 Å². The van der Waals surface area contributed by atoms with Crippen LogP contribution < -0.4 is 10.1 Å². The summed E-state index contributed by atoms with van der Waals surface area (Å²) in [6.45, 7) is 7.11. The molecule has 2 heterocycles. The summed E-state index contributed by atoms with van der Waals surface area (Å²) >= 11 is 0. The Balaban J connectivity index is 1.60. The number of ether oxygens (including phenoxy) is 2. The van der Waals surface area contributed by atoms with Gasteiger partial charge in [0.15, 0.2) is 5.82 Å². The van der Waals surface area contributed by atoms with Crippen molar-refractivity contribution in [3.63, 3.8) is 0 Å². The van der Waals surface area contributed by atoms with Crippen LogP contribution >= 0.6 is 0 Å². The van der Waals surface area contributed by atoms with Crippen molar-refractivity contribution in [3.05, 3.63) is 41.0 Å². The molecule has 1 atom stereocenters. The molecule has 6 heteroatoms. The van der Waals surface area contributed by atoms with Gasteiger partial charge >= 0.3 is 0 Å². The normalized spacial score (nSPS) is 16.7. The molecule has 1 N–H and O–H groups in total. The largest absolute Gasteiger partial charge is 0.496 e. The summed E-state index contributed by atoms with van der Waals surface area (Å²) in [7, 11) is 1.70. The predicted molar refractivity (Wildman–Crippen MR) is 96.7 cm³/mol. The molecule has 3 rings (SSSR count). The third-order valence-corrected chi connectivity index (χ3v) is 4.62. The summed E-state index contributed by atoms with van der Waals surface area (Å²) < 4.78 is 13.0. The van der Waals surface area contributed by atoms with Crippen molar-refractivity contribution in [1.82, 2.24) is 20.1 Å². The average molecular weight is 344 g/mol. The van der Waals surface area contributed by atoms with Gasteiger partial charge in [0.05, 0.1) is 20.3 Å². The lowest BCUT2D eigenvalue weighted by molar-refractivity contribution is 0.132. The minimum atomic E-state index is 0.427. The van der Waals surface area contributed by atoms with Crippen molar-refractivity contribution in [2.75, 3.05) is 13.7 Å². The molecule has 0 bridgehead atoms. The van der Waals surface area contributed by atoms with Gasteiger partial charge in [-0.1, -0.05) is 13.0 Å². The monoisotopic (exact) mass is 344 g/mol. The Morgan fingerprint density at radius 2 is 2.20 bits per heavy atom. The van der Waals surface area contributed by atoms with Crippen molar-refractivity contribution in [3.8, 4) is 5.75 Å². The van der Waals surface area contributed by atoms with Gasteiger partial charge in [-0.05, 0) is 31.0 Å². The Morgan fingerprint density at radius 1 is 1.32 bits per heavy atom. The molecule has 0 spiro atoms. The van der Waals surface area contributed by atoms with Crippen molar-refractivity contribution < 1.29 is 9.47 Å². The number of fused-ring (bicyclic) bond motifs is 1. The van der Waals surface area contributed by atoms with E-state index in [1.807, 2.05) is 13.0 Å². The summed E-state index contributed by atoms with van der Waals surface area (Å²) in [4.78, 5) is 4.58. The first-order valence-corrected chi connectivity index (χ1v) is 9.13. The molecular weight excluding hydrogens is 316 g/mol. The van der Waals surface area contributed by atoms with Crippen LogP contribution in [0.5, 0.6) is 5.75 Å². The van der Waals surface area contributed by atoms with E-state index >= 15 is 0 Å². The summed E-state index contributed by atoms with van der Waals surface area (Å²) in [6.07, 6.45) is 2.99. The van der Waals surface area contributed by atoms with Crippen LogP contribution in [-0.2, 0) is 37.3 Å². The first-order valence-electron chi connectivity index (χ1n) is 9.13. The molecule has 0 radical (unpaired) electrons. The molecule has 0 saturated heterocycles. The van der Waals surface area contributed by atoms with Crippen molar-refractivity contribution in [2.45, 2.75) is 58.8 Å². The maximum atomic E-state index is 5.54. The Bertz CT molecular complexity index is 699. The standard InChI is InChI=1S/C19H28N4O2/c1-4-18-21-19-9-7-16(12-23(19)22-18)20-11-14-6-8-17(24-3)15(10-14)13-25-5-2/h6,8,10,16,20H,4-5,7,9,11-13H2,1-3H3/t16-/m0/s1. The Morgan fingerprint density at radius 3 is 2.96 bits per heavy atom. The number of nitrogens with zero attached hydrogens (tertiary/aromatic N) is 3. The number of hydrogen-bond donors (Lipinski definition) is 1. The molecule has 0 fully saturated rings. The van der Waals surface area contributed by atoms with E-state index in [1.165, 1.54) is 5.56 Å². The van der Waals surface area contributed by atoms with Gasteiger partial charge in [-0.25, -0.2) is 9.67 Å². The summed E-state index contributed by atoms with van der Waals surface area (Å²) in [5.41, 5.74) is 2.34. The quantitative estimate of drug-likeness (QED) is 0.797. The van der Waals surface area contributed by atoms with Crippen LogP contribution in [0.1, 0.15) is 43.0 Å². The minimum Gasteiger partial charge on any atom is -0.496 e. The fourth-order valence-electron chi connectivity index (χ4n) is 3.21. The third-order valence-electron chi connectivity index (χ3n) is 4.62. The van der Waals surface area contributed by atoms with Crippen molar-refractivity contribution in [1.29, 1.82) is 0 Å². The van der Waals surface area contributed by atoms with Crippen LogP contribution in [0.25, 0.3) is 0 Å². The van der Waals surface area contributed by atoms with E-state index in [9.17, 15) is 0 Å². The first kappa shape index (κ1) is 17.9. The van der Waals surface area contributed by atoms with Gasteiger partial charge in [0.25, 0.3) is 0 Å². The molecule has 1 aliphatic rings. The second-order valence-electron chi connectivity index (χ2n) is 6.38. The number of hydrogen-bond acceptors (Lipinski definition) is 5. The smallest absolute Gasteiger partial charge is 0.150 e. The lowest BCUT2D eigenvalue weighted by atomic mass is 10.1. The van der Waals surface area contributed by atoms with Crippen LogP contribution in [-0.4, -0.2) is 34.5 Å². The van der Waals surface area contributed by atoms with Crippen LogP contribution in [0.4, 0.5) is 0 Å². The molecule has 136 valence electrons. The van der Waals surface area contributed by atoms with E-state index in [2.05, 4.69) is 39.1 Å². The summed E-state index contributed by atoms with van der Waals surface area (Å²) in [5, 5.41) is 8.23. The molecule has 0 aliphatic carbocycles. The molecule has 0 saturated carbocycles. The highest BCUT2D eigenvalue weighted by molar-refractivity contribution is 5.37. The Hall–Kier alpha value is -1.92. The van der Waals surface area contributed by atoms with Gasteiger partial charge in [-0.3, -0.25) is 0 Å². The van der Waals surface area contributed by atoms with E-state index in [1.54, 1.807) is 7.11 Å². The molecule has 1 aromatic heterocycles. The SMILES string of the molecule is CCOCc1cc(CN[C@H]2CCc3nc(CC)nn3C2)ccc1OC. The highest BCUT2D eigenvalue weighted by Gasteiger charge is 2.20. The van der Waals surface area contributed by atoms with Gasteiger partial charge in [0.1, 0.15) is 11.6 Å². The third kappa shape index (κ3) is 4.38. The van der Waals surface area contributed by atoms with Crippen molar-refractivity contribution in [2.24, 2.45) is 0 Å². The topological polar surface area (TPSA) is 61.2 Å². The number of benzene rings is 1. The van der Waals surface area contributed by atoms with Gasteiger partial charge in [-0.15, -0.1) is 0 Å². The molecule has 1 aliphatic heterocycles. The molecular formula is C19H28N4O2. The highest BCUT2D eigenvalue weighted by Crippen LogP contribution is 2.21. The van der Waals surface area contributed by atoms with Gasteiger partial charge < -0.3 is 14.8 Å². The zero-order valence-corrected chi connectivity index (χ0v) is 15.4. The summed E-state index contributed by atoms with van der Waals surface area (Å²) in [5.74, 6) is 2.96. The second-order valence-corrected chi connectivity index (χ2v) is 6.38. The fraction of sp³-hybridized carbons (Fsp3) is 0.579. The first-order chi connectivity index (χ1) is 12.2.